The molecule has 2 heterocycles. The monoisotopic (exact) mass is 405 g/mol. The number of pyridine rings is 1. The largest absolute Gasteiger partial charge is 0.494 e. The first kappa shape index (κ1) is 19.4. The number of aromatic nitrogens is 1. The molecule has 1 unspecified atom stereocenters. The smallest absolute Gasteiger partial charge is 0.271 e. The van der Waals surface area contributed by atoms with Gasteiger partial charge in [-0.1, -0.05) is 23.2 Å². The lowest BCUT2D eigenvalue weighted by molar-refractivity contribution is 0.0938. The molecule has 6 nitrogen and oxygen atoms in total. The summed E-state index contributed by atoms with van der Waals surface area (Å²) in [4.78, 5) is 16.9. The molecule has 0 spiro atoms. The number of hydrogen-bond donors (Lipinski definition) is 1. The molecule has 0 saturated carbocycles. The second-order valence-electron chi connectivity index (χ2n) is 6.25. The lowest BCUT2D eigenvalue weighted by atomic mass is 10.1. The lowest BCUT2D eigenvalue weighted by Gasteiger charge is -2.17. The Kier molecular flexibility index (Phi) is 5.85. The molecule has 3 rings (SSSR count). The molecule has 1 aromatic carbocycles. The molecule has 27 heavy (non-hydrogen) atoms. The van der Waals surface area contributed by atoms with Crippen molar-refractivity contribution in [1.82, 2.24) is 4.57 Å². The zero-order chi connectivity index (χ0) is 19.6. The maximum atomic E-state index is 12.6. The SMILES string of the molecule is Cc1c(C=Nc2cc(Cl)ccc2Cl)c(O)n(CC2CCCO2)c(=O)c1C#N. The van der Waals surface area contributed by atoms with Crippen LogP contribution in [0.3, 0.4) is 0 Å². The zero-order valence-electron chi connectivity index (χ0n) is 14.6. The van der Waals surface area contributed by atoms with Crippen molar-refractivity contribution in [3.05, 3.63) is 55.3 Å². The van der Waals surface area contributed by atoms with Crippen LogP contribution in [0.5, 0.6) is 5.88 Å². The van der Waals surface area contributed by atoms with Gasteiger partial charge in [-0.3, -0.25) is 14.4 Å². The summed E-state index contributed by atoms with van der Waals surface area (Å²) in [5.74, 6) is -0.256. The Bertz CT molecular complexity index is 1000. The third kappa shape index (κ3) is 4.01. The van der Waals surface area contributed by atoms with E-state index in [1.165, 1.54) is 10.8 Å². The van der Waals surface area contributed by atoms with Crippen LogP contribution in [0.25, 0.3) is 0 Å². The number of aromatic hydroxyl groups is 1. The minimum atomic E-state index is -0.541. The van der Waals surface area contributed by atoms with E-state index in [1.807, 2.05) is 6.07 Å². The van der Waals surface area contributed by atoms with Crippen molar-refractivity contribution in [3.8, 4) is 11.9 Å². The predicted octanol–water partition coefficient (Wildman–Crippen LogP) is 3.97. The van der Waals surface area contributed by atoms with E-state index in [1.54, 1.807) is 25.1 Å². The number of benzene rings is 1. The maximum absolute atomic E-state index is 12.6. The van der Waals surface area contributed by atoms with Gasteiger partial charge in [-0.2, -0.15) is 5.26 Å². The van der Waals surface area contributed by atoms with E-state index in [0.29, 0.717) is 27.9 Å². The zero-order valence-corrected chi connectivity index (χ0v) is 16.1. The highest BCUT2D eigenvalue weighted by Crippen LogP contribution is 2.29. The van der Waals surface area contributed by atoms with Crippen LogP contribution in [0.15, 0.2) is 28.0 Å². The molecular formula is C19H17Cl2N3O3. The summed E-state index contributed by atoms with van der Waals surface area (Å²) in [7, 11) is 0. The summed E-state index contributed by atoms with van der Waals surface area (Å²) in [6.07, 6.45) is 2.91. The number of rotatable bonds is 4. The molecule has 2 aromatic rings. The maximum Gasteiger partial charge on any atom is 0.271 e. The lowest BCUT2D eigenvalue weighted by Crippen LogP contribution is -2.29. The standard InChI is InChI=1S/C19H17Cl2N3O3/c1-11-14(8-22)18(25)24(10-13-3-2-6-27-13)19(26)15(11)9-23-17-7-12(20)4-5-16(17)21/h4-5,7,9,13,26H,2-3,6,10H2,1H3. The molecule has 1 saturated heterocycles. The van der Waals surface area contributed by atoms with Gasteiger partial charge in [0.15, 0.2) is 0 Å². The quantitative estimate of drug-likeness (QED) is 0.779. The fourth-order valence-corrected chi connectivity index (χ4v) is 3.34. The first-order chi connectivity index (χ1) is 12.9. The Balaban J connectivity index is 2.08. The summed E-state index contributed by atoms with van der Waals surface area (Å²) in [6, 6.07) is 6.76. The van der Waals surface area contributed by atoms with E-state index >= 15 is 0 Å². The molecular weight excluding hydrogens is 389 g/mol. The third-order valence-corrected chi connectivity index (χ3v) is 5.05. The number of halogens is 2. The van der Waals surface area contributed by atoms with Crippen LogP contribution in [0.2, 0.25) is 10.0 Å². The Hall–Kier alpha value is -2.33. The molecule has 0 amide bonds. The highest BCUT2D eigenvalue weighted by Gasteiger charge is 2.23. The summed E-state index contributed by atoms with van der Waals surface area (Å²) < 4.78 is 6.72. The van der Waals surface area contributed by atoms with Crippen LogP contribution in [0.1, 0.15) is 29.5 Å². The number of nitrogens with zero attached hydrogens (tertiary/aromatic N) is 3. The van der Waals surface area contributed by atoms with Gasteiger partial charge in [0.05, 0.1) is 28.9 Å². The molecule has 0 radical (unpaired) electrons. The van der Waals surface area contributed by atoms with E-state index in [-0.39, 0.29) is 29.7 Å². The number of ether oxygens (including phenoxy) is 1. The normalized spacial score (nSPS) is 16.7. The molecule has 1 N–H and O–H groups in total. The van der Waals surface area contributed by atoms with Gasteiger partial charge in [0.1, 0.15) is 11.6 Å². The Morgan fingerprint density at radius 2 is 2.26 bits per heavy atom. The van der Waals surface area contributed by atoms with Gasteiger partial charge < -0.3 is 9.84 Å². The summed E-state index contributed by atoms with van der Waals surface area (Å²) in [6.45, 7) is 2.40. The minimum Gasteiger partial charge on any atom is -0.494 e. The van der Waals surface area contributed by atoms with Crippen molar-refractivity contribution in [2.75, 3.05) is 6.61 Å². The topological polar surface area (TPSA) is 87.6 Å². The number of aliphatic imine (C=N–C) groups is 1. The predicted molar refractivity (Wildman–Crippen MR) is 105 cm³/mol. The van der Waals surface area contributed by atoms with Gasteiger partial charge in [0, 0.05) is 17.8 Å². The molecule has 1 fully saturated rings. The summed E-state index contributed by atoms with van der Waals surface area (Å²) in [5, 5.41) is 20.9. The van der Waals surface area contributed by atoms with Crippen LogP contribution in [-0.2, 0) is 11.3 Å². The average molecular weight is 406 g/mol. The Morgan fingerprint density at radius 1 is 1.48 bits per heavy atom. The fraction of sp³-hybridized carbons (Fsp3) is 0.316. The molecule has 140 valence electrons. The van der Waals surface area contributed by atoms with E-state index in [9.17, 15) is 15.2 Å². The fourth-order valence-electron chi connectivity index (χ4n) is 3.01. The van der Waals surface area contributed by atoms with Gasteiger partial charge in [-0.25, -0.2) is 0 Å². The van der Waals surface area contributed by atoms with Crippen LogP contribution in [-0.4, -0.2) is 28.6 Å². The van der Waals surface area contributed by atoms with Crippen molar-refractivity contribution in [1.29, 1.82) is 5.26 Å². The molecule has 1 aromatic heterocycles. The summed E-state index contributed by atoms with van der Waals surface area (Å²) in [5.41, 5.74) is 0.467. The average Bonchev–Trinajstić information content (AvgIpc) is 3.15. The Morgan fingerprint density at radius 3 is 2.93 bits per heavy atom. The third-order valence-electron chi connectivity index (χ3n) is 4.50. The van der Waals surface area contributed by atoms with Gasteiger partial charge in [-0.15, -0.1) is 0 Å². The van der Waals surface area contributed by atoms with Gasteiger partial charge in [0.25, 0.3) is 5.56 Å². The highest BCUT2D eigenvalue weighted by molar-refractivity contribution is 6.35. The Labute approximate surface area is 166 Å². The number of hydrogen-bond acceptors (Lipinski definition) is 5. The van der Waals surface area contributed by atoms with Crippen molar-refractivity contribution < 1.29 is 9.84 Å². The second-order valence-corrected chi connectivity index (χ2v) is 7.10. The molecule has 1 aliphatic rings. The second kappa shape index (κ2) is 8.13. The van der Waals surface area contributed by atoms with Crippen molar-refractivity contribution in [2.45, 2.75) is 32.4 Å². The molecule has 1 aliphatic heterocycles. The van der Waals surface area contributed by atoms with Gasteiger partial charge in [-0.05, 0) is 43.5 Å². The number of nitriles is 1. The minimum absolute atomic E-state index is 0.0376. The van der Waals surface area contributed by atoms with Gasteiger partial charge in [0.2, 0.25) is 5.88 Å². The highest BCUT2D eigenvalue weighted by atomic mass is 35.5. The van der Waals surface area contributed by atoms with Crippen molar-refractivity contribution in [2.24, 2.45) is 4.99 Å². The van der Waals surface area contributed by atoms with E-state index in [0.717, 1.165) is 12.8 Å². The molecule has 1 atom stereocenters. The van der Waals surface area contributed by atoms with Gasteiger partial charge >= 0.3 is 0 Å². The first-order valence-corrected chi connectivity index (χ1v) is 9.15. The van der Waals surface area contributed by atoms with Crippen LogP contribution >= 0.6 is 23.2 Å². The molecule has 8 heteroatoms. The van der Waals surface area contributed by atoms with E-state index in [4.69, 9.17) is 27.9 Å². The first-order valence-electron chi connectivity index (χ1n) is 8.39. The van der Waals surface area contributed by atoms with Crippen molar-refractivity contribution in [3.63, 3.8) is 0 Å². The van der Waals surface area contributed by atoms with Crippen LogP contribution in [0, 0.1) is 18.3 Å². The van der Waals surface area contributed by atoms with E-state index < -0.39 is 5.56 Å². The molecule has 0 aliphatic carbocycles. The van der Waals surface area contributed by atoms with Crippen LogP contribution < -0.4 is 5.56 Å². The van der Waals surface area contributed by atoms with E-state index in [2.05, 4.69) is 4.99 Å². The summed E-state index contributed by atoms with van der Waals surface area (Å²) >= 11 is 12.1. The van der Waals surface area contributed by atoms with Crippen LogP contribution in [0.4, 0.5) is 5.69 Å². The van der Waals surface area contributed by atoms with Crippen molar-refractivity contribution >= 4 is 35.1 Å². The molecule has 0 bridgehead atoms.